The Balaban J connectivity index is 1.95. The minimum atomic E-state index is 0.350. The predicted octanol–water partition coefficient (Wildman–Crippen LogP) is 2.41. The zero-order chi connectivity index (χ0) is 13.7. The van der Waals surface area contributed by atoms with Crippen LogP contribution in [0.5, 0.6) is 0 Å². The maximum Gasteiger partial charge on any atom is 0.0538 e. The minimum Gasteiger partial charge on any atom is -0.329 e. The maximum absolute atomic E-state index is 6.00. The summed E-state index contributed by atoms with van der Waals surface area (Å²) in [5.74, 6) is 0.929. The lowest BCUT2D eigenvalue weighted by Gasteiger charge is -2.36. The number of likely N-dealkylation sites (tertiary alicyclic amines) is 1. The molecule has 0 spiro atoms. The van der Waals surface area contributed by atoms with E-state index in [-0.39, 0.29) is 0 Å². The monoisotopic (exact) mass is 264 g/mol. The summed E-state index contributed by atoms with van der Waals surface area (Å²) < 4.78 is 1.99. The second-order valence-electron chi connectivity index (χ2n) is 5.65. The van der Waals surface area contributed by atoms with E-state index < -0.39 is 0 Å². The van der Waals surface area contributed by atoms with Gasteiger partial charge < -0.3 is 5.73 Å². The van der Waals surface area contributed by atoms with E-state index in [1.165, 1.54) is 44.3 Å². The van der Waals surface area contributed by atoms with E-state index in [4.69, 9.17) is 5.73 Å². The first-order valence-corrected chi connectivity index (χ1v) is 7.74. The number of nitrogens with zero attached hydrogens (tertiary/aromatic N) is 3. The summed E-state index contributed by atoms with van der Waals surface area (Å²) >= 11 is 0. The van der Waals surface area contributed by atoms with E-state index in [9.17, 15) is 0 Å². The molecule has 0 amide bonds. The van der Waals surface area contributed by atoms with Crippen molar-refractivity contribution in [1.82, 2.24) is 14.7 Å². The van der Waals surface area contributed by atoms with Gasteiger partial charge in [-0.05, 0) is 38.8 Å². The normalized spacial score (nSPS) is 19.7. The van der Waals surface area contributed by atoms with E-state index >= 15 is 0 Å². The van der Waals surface area contributed by atoms with Crippen LogP contribution in [0.3, 0.4) is 0 Å². The van der Waals surface area contributed by atoms with Gasteiger partial charge >= 0.3 is 0 Å². The van der Waals surface area contributed by atoms with Gasteiger partial charge in [-0.15, -0.1) is 0 Å². The van der Waals surface area contributed by atoms with Crippen molar-refractivity contribution in [2.75, 3.05) is 19.6 Å². The SMILES string of the molecule is CCCC1CCN(C(CN)c2cnn(CC)c2)CC1. The van der Waals surface area contributed by atoms with Crippen molar-refractivity contribution in [2.45, 2.75) is 52.1 Å². The molecule has 1 fully saturated rings. The molecule has 1 unspecified atom stereocenters. The molecule has 1 aromatic rings. The van der Waals surface area contributed by atoms with Gasteiger partial charge in [0.25, 0.3) is 0 Å². The summed E-state index contributed by atoms with van der Waals surface area (Å²) in [5, 5.41) is 4.38. The highest BCUT2D eigenvalue weighted by Gasteiger charge is 2.25. The van der Waals surface area contributed by atoms with E-state index in [1.54, 1.807) is 0 Å². The van der Waals surface area contributed by atoms with Crippen molar-refractivity contribution < 1.29 is 0 Å². The van der Waals surface area contributed by atoms with Gasteiger partial charge in [0.05, 0.1) is 12.2 Å². The third kappa shape index (κ3) is 3.57. The van der Waals surface area contributed by atoms with Crippen molar-refractivity contribution in [3.8, 4) is 0 Å². The van der Waals surface area contributed by atoms with Crippen molar-refractivity contribution in [1.29, 1.82) is 0 Å². The van der Waals surface area contributed by atoms with Crippen LogP contribution in [0.25, 0.3) is 0 Å². The average molecular weight is 264 g/mol. The molecule has 0 bridgehead atoms. The van der Waals surface area contributed by atoms with Crippen LogP contribution < -0.4 is 5.73 Å². The van der Waals surface area contributed by atoms with E-state index in [2.05, 4.69) is 30.0 Å². The second kappa shape index (κ2) is 7.06. The van der Waals surface area contributed by atoms with Crippen LogP contribution in [0, 0.1) is 5.92 Å². The lowest BCUT2D eigenvalue weighted by atomic mass is 9.91. The molecule has 1 aliphatic rings. The summed E-state index contributed by atoms with van der Waals surface area (Å²) in [5.41, 5.74) is 7.28. The zero-order valence-corrected chi connectivity index (χ0v) is 12.4. The molecule has 0 radical (unpaired) electrons. The highest BCUT2D eigenvalue weighted by Crippen LogP contribution is 2.28. The van der Waals surface area contributed by atoms with E-state index in [1.807, 2.05) is 10.9 Å². The number of rotatable bonds is 6. The second-order valence-corrected chi connectivity index (χ2v) is 5.65. The molecular formula is C15H28N4. The van der Waals surface area contributed by atoms with Gasteiger partial charge in [-0.3, -0.25) is 9.58 Å². The van der Waals surface area contributed by atoms with Crippen LogP contribution in [0.1, 0.15) is 51.1 Å². The van der Waals surface area contributed by atoms with Crippen LogP contribution in [0.15, 0.2) is 12.4 Å². The summed E-state index contributed by atoms with van der Waals surface area (Å²) in [7, 11) is 0. The van der Waals surface area contributed by atoms with Crippen molar-refractivity contribution in [2.24, 2.45) is 11.7 Å². The van der Waals surface area contributed by atoms with Crippen LogP contribution >= 0.6 is 0 Å². The molecule has 0 saturated carbocycles. The fourth-order valence-corrected chi connectivity index (χ4v) is 3.18. The topological polar surface area (TPSA) is 47.1 Å². The molecular weight excluding hydrogens is 236 g/mol. The van der Waals surface area contributed by atoms with Gasteiger partial charge in [0.15, 0.2) is 0 Å². The number of aromatic nitrogens is 2. The highest BCUT2D eigenvalue weighted by atomic mass is 15.3. The van der Waals surface area contributed by atoms with E-state index in [0.717, 1.165) is 12.5 Å². The van der Waals surface area contributed by atoms with Crippen molar-refractivity contribution in [3.63, 3.8) is 0 Å². The zero-order valence-electron chi connectivity index (χ0n) is 12.4. The molecule has 1 saturated heterocycles. The van der Waals surface area contributed by atoms with Crippen LogP contribution in [-0.4, -0.2) is 34.3 Å². The molecule has 4 heteroatoms. The first kappa shape index (κ1) is 14.5. The molecule has 0 aliphatic carbocycles. The van der Waals surface area contributed by atoms with E-state index in [0.29, 0.717) is 12.6 Å². The largest absolute Gasteiger partial charge is 0.329 e. The smallest absolute Gasteiger partial charge is 0.0538 e. The quantitative estimate of drug-likeness (QED) is 0.858. The molecule has 2 heterocycles. The minimum absolute atomic E-state index is 0.350. The van der Waals surface area contributed by atoms with Gasteiger partial charge in [0, 0.05) is 24.8 Å². The van der Waals surface area contributed by atoms with Gasteiger partial charge in [-0.25, -0.2) is 0 Å². The molecule has 108 valence electrons. The summed E-state index contributed by atoms with van der Waals surface area (Å²) in [6, 6.07) is 0.350. The molecule has 2 rings (SSSR count). The molecule has 19 heavy (non-hydrogen) atoms. The van der Waals surface area contributed by atoms with Gasteiger partial charge in [-0.2, -0.15) is 5.10 Å². The number of nitrogens with two attached hydrogens (primary N) is 1. The lowest BCUT2D eigenvalue weighted by molar-refractivity contribution is 0.131. The van der Waals surface area contributed by atoms with Crippen LogP contribution in [0.2, 0.25) is 0 Å². The van der Waals surface area contributed by atoms with Gasteiger partial charge in [0.1, 0.15) is 0 Å². The van der Waals surface area contributed by atoms with Crippen molar-refractivity contribution >= 4 is 0 Å². The van der Waals surface area contributed by atoms with Gasteiger partial charge in [0.2, 0.25) is 0 Å². The Bertz CT molecular complexity index is 366. The molecule has 1 aliphatic heterocycles. The molecule has 1 aromatic heterocycles. The molecule has 4 nitrogen and oxygen atoms in total. The standard InChI is InChI=1S/C15H28N4/c1-3-5-13-6-8-18(9-7-13)15(10-16)14-11-17-19(4-2)12-14/h11-13,15H,3-10,16H2,1-2H3. The fourth-order valence-electron chi connectivity index (χ4n) is 3.18. The molecule has 1 atom stereocenters. The summed E-state index contributed by atoms with van der Waals surface area (Å²) in [4.78, 5) is 2.54. The summed E-state index contributed by atoms with van der Waals surface area (Å²) in [6.45, 7) is 8.38. The Hall–Kier alpha value is -0.870. The average Bonchev–Trinajstić information content (AvgIpc) is 2.91. The lowest BCUT2D eigenvalue weighted by Crippen LogP contribution is -2.39. The Morgan fingerprint density at radius 3 is 2.63 bits per heavy atom. The van der Waals surface area contributed by atoms with Crippen LogP contribution in [0.4, 0.5) is 0 Å². The Morgan fingerprint density at radius 1 is 1.37 bits per heavy atom. The Morgan fingerprint density at radius 2 is 2.11 bits per heavy atom. The number of aryl methyl sites for hydroxylation is 1. The molecule has 0 aromatic carbocycles. The summed E-state index contributed by atoms with van der Waals surface area (Å²) in [6.07, 6.45) is 9.48. The Labute approximate surface area is 117 Å². The first-order chi connectivity index (χ1) is 9.28. The third-order valence-electron chi connectivity index (χ3n) is 4.37. The third-order valence-corrected chi connectivity index (χ3v) is 4.37. The molecule has 2 N–H and O–H groups in total. The van der Waals surface area contributed by atoms with Gasteiger partial charge in [-0.1, -0.05) is 19.8 Å². The van der Waals surface area contributed by atoms with Crippen LogP contribution in [-0.2, 0) is 6.54 Å². The number of piperidine rings is 1. The fraction of sp³-hybridized carbons (Fsp3) is 0.800. The first-order valence-electron chi connectivity index (χ1n) is 7.74. The predicted molar refractivity (Wildman–Crippen MR) is 78.9 cm³/mol. The highest BCUT2D eigenvalue weighted by molar-refractivity contribution is 5.11. The maximum atomic E-state index is 6.00. The Kier molecular flexibility index (Phi) is 5.40. The number of hydrogen-bond acceptors (Lipinski definition) is 3. The number of hydrogen-bond donors (Lipinski definition) is 1. The van der Waals surface area contributed by atoms with Crippen molar-refractivity contribution in [3.05, 3.63) is 18.0 Å².